The molecule has 0 aliphatic heterocycles. The minimum absolute atomic E-state index is 0.775. The van der Waals surface area contributed by atoms with Crippen molar-refractivity contribution in [2.24, 2.45) is 0 Å². The van der Waals surface area contributed by atoms with Crippen LogP contribution in [0.1, 0.15) is 0 Å². The second kappa shape index (κ2) is 23.0. The van der Waals surface area contributed by atoms with Gasteiger partial charge in [-0.1, -0.05) is 249 Å². The Morgan fingerprint density at radius 1 is 0.176 bits per heavy atom. The summed E-state index contributed by atoms with van der Waals surface area (Å²) in [4.78, 5) is 4.65. The molecule has 0 amide bonds. The summed E-state index contributed by atoms with van der Waals surface area (Å²) < 4.78 is 28.0. The molecule has 17 aromatic carbocycles. The van der Waals surface area contributed by atoms with Gasteiger partial charge in [0.2, 0.25) is 0 Å². The van der Waals surface area contributed by atoms with E-state index in [1.165, 1.54) is 16.3 Å². The molecule has 0 fully saturated rings. The molecule has 102 heavy (non-hydrogen) atoms. The summed E-state index contributed by atoms with van der Waals surface area (Å²) in [5.74, 6) is 0. The number of nitrogens with zero attached hydrogens (tertiary/aromatic N) is 2. The van der Waals surface area contributed by atoms with E-state index in [4.69, 9.17) is 17.7 Å². The summed E-state index contributed by atoms with van der Waals surface area (Å²) >= 11 is 0. The standard InChI is InChI=1S/C96H58N2O4/c1-2-17-59(18-3-1)66-23-12-24-71(57-66)98(70-50-39-64(40-51-70)74-30-16-36-88-90(74)83-53-43-61-20-5-8-26-76(61)92(83)100-88)86-34-15-32-82-80-52-45-67(58-89(80)101-95(82)86)78-56-55-75(91-84-54-44-62-21-6-9-27-77(62)93(84)102-96(78)91)65-41-48-69(49-42-65)97(85-33-14-31-81-79-28-10-11-35-87(79)99-94(81)85)68-46-37-63(38-47-68)73-29-13-22-60-19-4-7-25-72(60)73/h1-58H. The Labute approximate surface area is 585 Å². The summed E-state index contributed by atoms with van der Waals surface area (Å²) in [6, 6.07) is 126. The molecule has 21 aromatic rings. The summed E-state index contributed by atoms with van der Waals surface area (Å²) in [5, 5.41) is 15.4. The topological polar surface area (TPSA) is 59.0 Å². The van der Waals surface area contributed by atoms with Crippen molar-refractivity contribution in [2.75, 3.05) is 9.80 Å². The minimum atomic E-state index is 0.775. The van der Waals surface area contributed by atoms with E-state index < -0.39 is 0 Å². The maximum Gasteiger partial charge on any atom is 0.159 e. The van der Waals surface area contributed by atoms with Crippen LogP contribution in [0.15, 0.2) is 370 Å². The fraction of sp³-hybridized carbons (Fsp3) is 0. The monoisotopic (exact) mass is 1300 g/mol. The van der Waals surface area contributed by atoms with E-state index in [0.717, 1.165) is 193 Å². The molecule has 0 aliphatic carbocycles. The molecule has 0 saturated carbocycles. The van der Waals surface area contributed by atoms with Gasteiger partial charge in [-0.05, 0) is 175 Å². The zero-order chi connectivity index (χ0) is 66.9. The highest BCUT2D eigenvalue weighted by Gasteiger charge is 2.26. The number of hydrogen-bond acceptors (Lipinski definition) is 6. The predicted molar refractivity (Wildman–Crippen MR) is 425 cm³/mol. The zero-order valence-electron chi connectivity index (χ0n) is 55.0. The second-order valence-electron chi connectivity index (χ2n) is 26.5. The fourth-order valence-corrected chi connectivity index (χ4v) is 16.1. The molecule has 0 unspecified atom stereocenters. The Morgan fingerprint density at radius 2 is 0.608 bits per heavy atom. The van der Waals surface area contributed by atoms with E-state index in [1.807, 2.05) is 12.1 Å². The van der Waals surface area contributed by atoms with Gasteiger partial charge in [0.25, 0.3) is 0 Å². The molecule has 0 radical (unpaired) electrons. The zero-order valence-corrected chi connectivity index (χ0v) is 55.0. The lowest BCUT2D eigenvalue weighted by Gasteiger charge is -2.26. The van der Waals surface area contributed by atoms with Crippen LogP contribution >= 0.6 is 0 Å². The Hall–Kier alpha value is -13.7. The number of furan rings is 4. The highest BCUT2D eigenvalue weighted by Crippen LogP contribution is 2.50. The molecule has 21 rings (SSSR count). The molecule has 0 aliphatic rings. The van der Waals surface area contributed by atoms with Crippen molar-refractivity contribution in [3.63, 3.8) is 0 Å². The largest absolute Gasteiger partial charge is 0.455 e. The quantitative estimate of drug-likeness (QED) is 0.129. The number of fused-ring (bicyclic) bond motifs is 17. The van der Waals surface area contributed by atoms with Crippen molar-refractivity contribution < 1.29 is 17.7 Å². The first kappa shape index (κ1) is 57.4. The summed E-state index contributed by atoms with van der Waals surface area (Å²) in [7, 11) is 0. The van der Waals surface area contributed by atoms with Gasteiger partial charge in [0, 0.05) is 82.2 Å². The third-order valence-electron chi connectivity index (χ3n) is 20.9. The van der Waals surface area contributed by atoms with Crippen molar-refractivity contribution >= 4 is 154 Å². The number of rotatable bonds is 11. The summed E-state index contributed by atoms with van der Waals surface area (Å²) in [6.45, 7) is 0. The summed E-state index contributed by atoms with van der Waals surface area (Å²) in [5.41, 5.74) is 23.4. The fourth-order valence-electron chi connectivity index (χ4n) is 16.1. The highest BCUT2D eigenvalue weighted by molar-refractivity contribution is 6.23. The molecule has 0 N–H and O–H groups in total. The van der Waals surface area contributed by atoms with Gasteiger partial charge in [-0.3, -0.25) is 0 Å². The molecule has 0 bridgehead atoms. The Morgan fingerprint density at radius 3 is 1.28 bits per heavy atom. The maximum absolute atomic E-state index is 7.31. The van der Waals surface area contributed by atoms with E-state index >= 15 is 0 Å². The first-order valence-electron chi connectivity index (χ1n) is 34.7. The predicted octanol–water partition coefficient (Wildman–Crippen LogP) is 28.0. The molecule has 0 spiro atoms. The van der Waals surface area contributed by atoms with Gasteiger partial charge in [-0.2, -0.15) is 0 Å². The van der Waals surface area contributed by atoms with Crippen molar-refractivity contribution in [1.29, 1.82) is 0 Å². The van der Waals surface area contributed by atoms with Crippen LogP contribution in [0.3, 0.4) is 0 Å². The van der Waals surface area contributed by atoms with Crippen LogP contribution in [-0.2, 0) is 0 Å². The molecule has 476 valence electrons. The van der Waals surface area contributed by atoms with E-state index in [0.29, 0.717) is 0 Å². The van der Waals surface area contributed by atoms with Crippen molar-refractivity contribution in [1.82, 2.24) is 0 Å². The van der Waals surface area contributed by atoms with Crippen LogP contribution in [0.5, 0.6) is 0 Å². The number of para-hydroxylation sites is 3. The van der Waals surface area contributed by atoms with Gasteiger partial charge >= 0.3 is 0 Å². The van der Waals surface area contributed by atoms with Gasteiger partial charge in [-0.15, -0.1) is 0 Å². The lowest BCUT2D eigenvalue weighted by atomic mass is 9.93. The molecule has 0 saturated heterocycles. The smallest absolute Gasteiger partial charge is 0.159 e. The summed E-state index contributed by atoms with van der Waals surface area (Å²) in [6.07, 6.45) is 0. The van der Waals surface area contributed by atoms with Crippen LogP contribution in [0, 0.1) is 0 Å². The maximum atomic E-state index is 7.31. The number of anilines is 6. The van der Waals surface area contributed by atoms with Crippen molar-refractivity contribution in [3.8, 4) is 55.6 Å². The second-order valence-corrected chi connectivity index (χ2v) is 26.5. The van der Waals surface area contributed by atoms with Crippen LogP contribution < -0.4 is 9.80 Å². The first-order valence-corrected chi connectivity index (χ1v) is 34.7. The van der Waals surface area contributed by atoms with Crippen LogP contribution in [0.2, 0.25) is 0 Å². The Balaban J connectivity index is 0.684. The SMILES string of the molecule is c1ccc(-c2cccc(N(c3ccc(-c4cccc5oc6c7ccccc7ccc6c45)cc3)c3cccc4c3oc3cc(-c5ccc(-c6ccc(N(c7ccc(-c8cccc9ccccc89)cc7)c7cccc8c7oc7ccccc78)cc6)c6c5oc5c7ccccc7ccc56)ccc34)c2)cc1. The normalized spacial score (nSPS) is 11.9. The minimum Gasteiger partial charge on any atom is -0.455 e. The molecule has 4 aromatic heterocycles. The van der Waals surface area contributed by atoms with Gasteiger partial charge in [0.1, 0.15) is 33.5 Å². The van der Waals surface area contributed by atoms with Gasteiger partial charge in [-0.25, -0.2) is 0 Å². The third kappa shape index (κ3) is 9.13. The Bertz CT molecular complexity index is 6930. The lowest BCUT2D eigenvalue weighted by Crippen LogP contribution is -2.10. The molecule has 4 heterocycles. The third-order valence-corrected chi connectivity index (χ3v) is 20.9. The van der Waals surface area contributed by atoms with Gasteiger partial charge in [0.05, 0.1) is 11.4 Å². The Kier molecular flexibility index (Phi) is 12.9. The average Bonchev–Trinajstić information content (AvgIpc) is 1.57. The van der Waals surface area contributed by atoms with Gasteiger partial charge < -0.3 is 27.5 Å². The van der Waals surface area contributed by atoms with E-state index in [1.54, 1.807) is 0 Å². The number of benzene rings is 17. The van der Waals surface area contributed by atoms with Gasteiger partial charge in [0.15, 0.2) is 11.2 Å². The lowest BCUT2D eigenvalue weighted by molar-refractivity contribution is 0.668. The molecular formula is C96H58N2O4. The average molecular weight is 1300 g/mol. The van der Waals surface area contributed by atoms with Crippen LogP contribution in [0.25, 0.3) is 176 Å². The molecule has 6 nitrogen and oxygen atoms in total. The number of hydrogen-bond donors (Lipinski definition) is 0. The molecular weight excluding hydrogens is 1250 g/mol. The first-order chi connectivity index (χ1) is 50.6. The molecule has 6 heteroatoms. The van der Waals surface area contributed by atoms with Crippen LogP contribution in [-0.4, -0.2) is 0 Å². The van der Waals surface area contributed by atoms with Crippen molar-refractivity contribution in [3.05, 3.63) is 352 Å². The van der Waals surface area contributed by atoms with Crippen LogP contribution in [0.4, 0.5) is 34.1 Å². The van der Waals surface area contributed by atoms with E-state index in [2.05, 4.69) is 350 Å². The van der Waals surface area contributed by atoms with Crippen molar-refractivity contribution in [2.45, 2.75) is 0 Å². The molecule has 0 atom stereocenters. The van der Waals surface area contributed by atoms with E-state index in [-0.39, 0.29) is 0 Å². The van der Waals surface area contributed by atoms with E-state index in [9.17, 15) is 0 Å². The highest BCUT2D eigenvalue weighted by atomic mass is 16.3.